The van der Waals surface area contributed by atoms with Crippen LogP contribution in [0.4, 0.5) is 5.69 Å². The topological polar surface area (TPSA) is 67.5 Å². The summed E-state index contributed by atoms with van der Waals surface area (Å²) in [5.41, 5.74) is 1.84. The molecule has 0 N–H and O–H groups in total. The number of methoxy groups -OCH3 is 1. The van der Waals surface area contributed by atoms with Gasteiger partial charge >= 0.3 is 0 Å². The number of ether oxygens (including phenoxy) is 2. The van der Waals surface area contributed by atoms with Crippen molar-refractivity contribution in [2.45, 2.75) is 32.4 Å². The largest absolute Gasteiger partial charge is 0.497 e. The molecule has 1 aliphatic rings. The summed E-state index contributed by atoms with van der Waals surface area (Å²) in [5.74, 6) is 2.13. The maximum absolute atomic E-state index is 13.7. The van der Waals surface area contributed by atoms with Crippen LogP contribution in [0.3, 0.4) is 0 Å². The normalized spacial score (nSPS) is 15.5. The lowest BCUT2D eigenvalue weighted by Crippen LogP contribution is -2.45. The van der Waals surface area contributed by atoms with Gasteiger partial charge in [0.2, 0.25) is 5.96 Å². The standard InChI is InChI=1S/C27H31N3O4/c1-3-33-17-8-16-29(20-24-11-7-18-34-24)27-28-25(19-21-9-5-4-6-10-21)26(31)30(27)22-12-14-23(32-2)15-13-22/h4-7,9-15,18,25H,3,8,16-17,19-20H2,1-2H3. The van der Waals surface area contributed by atoms with Gasteiger partial charge in [-0.15, -0.1) is 0 Å². The van der Waals surface area contributed by atoms with Crippen LogP contribution < -0.4 is 9.64 Å². The number of amides is 1. The molecule has 3 aromatic rings. The molecule has 0 saturated carbocycles. The fourth-order valence-electron chi connectivity index (χ4n) is 4.01. The van der Waals surface area contributed by atoms with E-state index >= 15 is 0 Å². The lowest BCUT2D eigenvalue weighted by Gasteiger charge is -2.29. The van der Waals surface area contributed by atoms with E-state index in [-0.39, 0.29) is 5.91 Å². The Hall–Kier alpha value is -3.58. The third-order valence-electron chi connectivity index (χ3n) is 5.71. The zero-order valence-corrected chi connectivity index (χ0v) is 19.7. The van der Waals surface area contributed by atoms with Crippen molar-refractivity contribution in [1.29, 1.82) is 0 Å². The van der Waals surface area contributed by atoms with E-state index in [1.807, 2.05) is 73.7 Å². The summed E-state index contributed by atoms with van der Waals surface area (Å²) in [4.78, 5) is 22.4. The first kappa shape index (κ1) is 23.6. The smallest absolute Gasteiger partial charge is 0.259 e. The predicted octanol–water partition coefficient (Wildman–Crippen LogP) is 4.53. The molecular formula is C27H31N3O4. The zero-order chi connectivity index (χ0) is 23.8. The molecule has 2 aromatic carbocycles. The number of rotatable bonds is 11. The van der Waals surface area contributed by atoms with Gasteiger partial charge < -0.3 is 18.8 Å². The number of nitrogens with zero attached hydrogens (tertiary/aromatic N) is 3. The summed E-state index contributed by atoms with van der Waals surface area (Å²) in [6.45, 7) is 4.49. The van der Waals surface area contributed by atoms with Gasteiger partial charge in [0.25, 0.3) is 5.91 Å². The van der Waals surface area contributed by atoms with Crippen LogP contribution in [-0.4, -0.2) is 49.7 Å². The molecule has 34 heavy (non-hydrogen) atoms. The van der Waals surface area contributed by atoms with Crippen molar-refractivity contribution in [3.63, 3.8) is 0 Å². The van der Waals surface area contributed by atoms with Crippen LogP contribution in [0.2, 0.25) is 0 Å². The molecule has 0 saturated heterocycles. The Morgan fingerprint density at radius 3 is 2.53 bits per heavy atom. The van der Waals surface area contributed by atoms with Gasteiger partial charge in [-0.05, 0) is 55.3 Å². The molecule has 1 atom stereocenters. The van der Waals surface area contributed by atoms with E-state index in [1.165, 1.54) is 0 Å². The first-order chi connectivity index (χ1) is 16.7. The van der Waals surface area contributed by atoms with Gasteiger partial charge in [-0.25, -0.2) is 9.89 Å². The number of hydrogen-bond donors (Lipinski definition) is 0. The molecule has 1 aliphatic heterocycles. The fourth-order valence-corrected chi connectivity index (χ4v) is 4.01. The monoisotopic (exact) mass is 461 g/mol. The first-order valence-electron chi connectivity index (χ1n) is 11.6. The van der Waals surface area contributed by atoms with Crippen molar-refractivity contribution in [3.05, 3.63) is 84.3 Å². The second-order valence-electron chi connectivity index (χ2n) is 8.06. The SMILES string of the molecule is CCOCCCN(Cc1ccco1)C1=NC(Cc2ccccc2)C(=O)N1c1ccc(OC)cc1. The molecule has 0 bridgehead atoms. The second-order valence-corrected chi connectivity index (χ2v) is 8.06. The summed E-state index contributed by atoms with van der Waals surface area (Å²) < 4.78 is 16.5. The van der Waals surface area contributed by atoms with E-state index in [1.54, 1.807) is 18.3 Å². The zero-order valence-electron chi connectivity index (χ0n) is 19.7. The second kappa shape index (κ2) is 11.5. The Balaban J connectivity index is 1.66. The number of furan rings is 1. The van der Waals surface area contributed by atoms with E-state index in [4.69, 9.17) is 18.9 Å². The molecule has 7 heteroatoms. The minimum atomic E-state index is -0.495. The summed E-state index contributed by atoms with van der Waals surface area (Å²) >= 11 is 0. The van der Waals surface area contributed by atoms with Gasteiger partial charge in [0.1, 0.15) is 17.6 Å². The lowest BCUT2D eigenvalue weighted by atomic mass is 10.1. The number of benzene rings is 2. The van der Waals surface area contributed by atoms with E-state index in [0.717, 1.165) is 29.2 Å². The molecule has 0 spiro atoms. The molecule has 7 nitrogen and oxygen atoms in total. The molecule has 0 radical (unpaired) electrons. The molecule has 0 fully saturated rings. The van der Waals surface area contributed by atoms with Crippen LogP contribution in [0.1, 0.15) is 24.7 Å². The summed E-state index contributed by atoms with van der Waals surface area (Å²) in [6.07, 6.45) is 3.01. The Morgan fingerprint density at radius 1 is 1.06 bits per heavy atom. The number of aliphatic imine (C=N–C) groups is 1. The van der Waals surface area contributed by atoms with E-state index in [9.17, 15) is 4.79 Å². The molecule has 1 amide bonds. The molecule has 1 aromatic heterocycles. The highest BCUT2D eigenvalue weighted by atomic mass is 16.5. The predicted molar refractivity (Wildman–Crippen MR) is 132 cm³/mol. The van der Waals surface area contributed by atoms with Crippen LogP contribution in [0.15, 0.2) is 82.4 Å². The van der Waals surface area contributed by atoms with Crippen molar-refractivity contribution in [2.75, 3.05) is 31.8 Å². The van der Waals surface area contributed by atoms with Crippen molar-refractivity contribution in [3.8, 4) is 5.75 Å². The molecule has 2 heterocycles. The van der Waals surface area contributed by atoms with E-state index < -0.39 is 6.04 Å². The Bertz CT molecular complexity index is 1070. The first-order valence-corrected chi connectivity index (χ1v) is 11.6. The molecule has 178 valence electrons. The van der Waals surface area contributed by atoms with Crippen LogP contribution in [0.5, 0.6) is 5.75 Å². The maximum Gasteiger partial charge on any atom is 0.259 e. The van der Waals surface area contributed by atoms with Crippen LogP contribution in [-0.2, 0) is 22.5 Å². The van der Waals surface area contributed by atoms with E-state index in [2.05, 4.69) is 4.90 Å². The van der Waals surface area contributed by atoms with Crippen molar-refractivity contribution >= 4 is 17.6 Å². The minimum Gasteiger partial charge on any atom is -0.497 e. The molecular weight excluding hydrogens is 430 g/mol. The number of carbonyl (C=O) groups is 1. The third kappa shape index (κ3) is 5.66. The van der Waals surface area contributed by atoms with Crippen molar-refractivity contribution < 1.29 is 18.7 Å². The Labute approximate surface area is 200 Å². The van der Waals surface area contributed by atoms with Crippen LogP contribution in [0.25, 0.3) is 0 Å². The summed E-state index contributed by atoms with van der Waals surface area (Å²) in [5, 5.41) is 0. The highest BCUT2D eigenvalue weighted by molar-refractivity contribution is 6.22. The highest BCUT2D eigenvalue weighted by Gasteiger charge is 2.38. The Morgan fingerprint density at radius 2 is 1.85 bits per heavy atom. The average Bonchev–Trinajstić information content (AvgIpc) is 3.50. The maximum atomic E-state index is 13.7. The number of hydrogen-bond acceptors (Lipinski definition) is 6. The number of anilines is 1. The average molecular weight is 462 g/mol. The quantitative estimate of drug-likeness (QED) is 0.393. The van der Waals surface area contributed by atoms with Crippen LogP contribution >= 0.6 is 0 Å². The van der Waals surface area contributed by atoms with Gasteiger partial charge in [0.05, 0.1) is 25.6 Å². The highest BCUT2D eigenvalue weighted by Crippen LogP contribution is 2.28. The molecule has 4 rings (SSSR count). The summed E-state index contributed by atoms with van der Waals surface area (Å²) in [6, 6.07) is 20.8. The van der Waals surface area contributed by atoms with Gasteiger partial charge in [-0.1, -0.05) is 30.3 Å². The fraction of sp³-hybridized carbons (Fsp3) is 0.333. The summed E-state index contributed by atoms with van der Waals surface area (Å²) in [7, 11) is 1.63. The molecule has 0 aliphatic carbocycles. The minimum absolute atomic E-state index is 0.0433. The van der Waals surface area contributed by atoms with Gasteiger partial charge in [-0.3, -0.25) is 4.79 Å². The van der Waals surface area contributed by atoms with E-state index in [0.29, 0.717) is 38.7 Å². The van der Waals surface area contributed by atoms with Gasteiger partial charge in [0.15, 0.2) is 0 Å². The molecule has 1 unspecified atom stereocenters. The third-order valence-corrected chi connectivity index (χ3v) is 5.71. The van der Waals surface area contributed by atoms with Crippen molar-refractivity contribution in [2.24, 2.45) is 4.99 Å². The Kier molecular flexibility index (Phi) is 7.99. The number of carbonyl (C=O) groups excluding carboxylic acids is 1. The number of guanidine groups is 1. The van der Waals surface area contributed by atoms with Crippen LogP contribution in [0, 0.1) is 0 Å². The van der Waals surface area contributed by atoms with Gasteiger partial charge in [0, 0.05) is 26.2 Å². The van der Waals surface area contributed by atoms with Gasteiger partial charge in [-0.2, -0.15) is 0 Å². The lowest BCUT2D eigenvalue weighted by molar-refractivity contribution is -0.118. The van der Waals surface area contributed by atoms with Crippen molar-refractivity contribution in [1.82, 2.24) is 4.90 Å².